The molecule has 0 spiro atoms. The summed E-state index contributed by atoms with van der Waals surface area (Å²) in [4.78, 5) is 21.0. The molecular weight excluding hydrogens is 232 g/mol. The van der Waals surface area contributed by atoms with Gasteiger partial charge in [-0.1, -0.05) is 39.0 Å². The van der Waals surface area contributed by atoms with Gasteiger partial charge in [0.2, 0.25) is 0 Å². The minimum atomic E-state index is -0.848. The van der Waals surface area contributed by atoms with Gasteiger partial charge >= 0.3 is 6.16 Å². The Bertz CT molecular complexity index is 390. The van der Waals surface area contributed by atoms with Gasteiger partial charge in [-0.15, -0.1) is 0 Å². The lowest BCUT2D eigenvalue weighted by Gasteiger charge is -2.36. The zero-order valence-electron chi connectivity index (χ0n) is 11.5. The van der Waals surface area contributed by atoms with Gasteiger partial charge in [0.15, 0.2) is 5.75 Å². The Morgan fingerprint density at radius 2 is 1.56 bits per heavy atom. The number of hydrogen-bond donors (Lipinski definition) is 0. The predicted molar refractivity (Wildman–Crippen MR) is 68.2 cm³/mol. The fourth-order valence-corrected chi connectivity index (χ4v) is 0.937. The second kappa shape index (κ2) is 5.29. The molecule has 0 bridgehead atoms. The third-order valence-electron chi connectivity index (χ3n) is 3.09. The lowest BCUT2D eigenvalue weighted by molar-refractivity contribution is -0.191. The summed E-state index contributed by atoms with van der Waals surface area (Å²) >= 11 is 0. The van der Waals surface area contributed by atoms with E-state index in [0.29, 0.717) is 5.75 Å². The maximum atomic E-state index is 11.5. The maximum Gasteiger partial charge on any atom is 0.550 e. The van der Waals surface area contributed by atoms with E-state index in [2.05, 4.69) is 4.89 Å². The summed E-state index contributed by atoms with van der Waals surface area (Å²) in [6.45, 7) is 9.61. The van der Waals surface area contributed by atoms with Gasteiger partial charge in [0.25, 0.3) is 0 Å². The molecule has 0 unspecified atom stereocenters. The minimum Gasteiger partial charge on any atom is -0.425 e. The molecule has 0 aliphatic carbocycles. The van der Waals surface area contributed by atoms with Gasteiger partial charge in [-0.05, 0) is 26.0 Å². The smallest absolute Gasteiger partial charge is 0.425 e. The molecule has 18 heavy (non-hydrogen) atoms. The highest BCUT2D eigenvalue weighted by Crippen LogP contribution is 2.33. The largest absolute Gasteiger partial charge is 0.550 e. The van der Waals surface area contributed by atoms with Crippen LogP contribution in [0.1, 0.15) is 34.6 Å². The maximum absolute atomic E-state index is 11.5. The minimum absolute atomic E-state index is 0.196. The number of rotatable bonds is 3. The first kappa shape index (κ1) is 14.4. The molecule has 0 heterocycles. The lowest BCUT2D eigenvalue weighted by atomic mass is 9.79. The van der Waals surface area contributed by atoms with E-state index < -0.39 is 11.8 Å². The Labute approximate surface area is 108 Å². The quantitative estimate of drug-likeness (QED) is 0.464. The molecule has 0 radical (unpaired) electrons. The fraction of sp³-hybridized carbons (Fsp3) is 0.500. The van der Waals surface area contributed by atoms with E-state index in [-0.39, 0.29) is 5.41 Å². The zero-order valence-corrected chi connectivity index (χ0v) is 11.5. The molecule has 0 amide bonds. The Balaban J connectivity index is 2.48. The van der Waals surface area contributed by atoms with E-state index in [0.717, 1.165) is 0 Å². The van der Waals surface area contributed by atoms with Crippen molar-refractivity contribution in [1.82, 2.24) is 0 Å². The van der Waals surface area contributed by atoms with Crippen molar-refractivity contribution in [1.29, 1.82) is 0 Å². The van der Waals surface area contributed by atoms with E-state index >= 15 is 0 Å². The normalized spacial score (nSPS) is 11.8. The van der Waals surface area contributed by atoms with Crippen molar-refractivity contribution in [2.45, 2.75) is 40.2 Å². The highest BCUT2D eigenvalue weighted by Gasteiger charge is 2.37. The summed E-state index contributed by atoms with van der Waals surface area (Å²) in [5.74, 6) is 0.447. The van der Waals surface area contributed by atoms with Crippen LogP contribution in [0, 0.1) is 5.41 Å². The molecule has 0 saturated carbocycles. The number of para-hydroxylation sites is 1. The van der Waals surface area contributed by atoms with Crippen LogP contribution in [-0.2, 0) is 9.62 Å². The zero-order chi connectivity index (χ0) is 13.8. The molecule has 0 atom stereocenters. The summed E-state index contributed by atoms with van der Waals surface area (Å²) in [7, 11) is 0. The van der Waals surface area contributed by atoms with Gasteiger partial charge in [-0.2, -0.15) is 4.79 Å². The van der Waals surface area contributed by atoms with Crippen LogP contribution in [0.25, 0.3) is 0 Å². The van der Waals surface area contributed by atoms with Crippen molar-refractivity contribution in [2.24, 2.45) is 5.41 Å². The van der Waals surface area contributed by atoms with Crippen molar-refractivity contribution in [2.75, 3.05) is 0 Å². The topological polar surface area (TPSA) is 44.8 Å². The monoisotopic (exact) mass is 252 g/mol. The van der Waals surface area contributed by atoms with Crippen LogP contribution in [0.4, 0.5) is 4.79 Å². The Morgan fingerprint density at radius 1 is 1.00 bits per heavy atom. The van der Waals surface area contributed by atoms with Crippen molar-refractivity contribution >= 4 is 6.16 Å². The van der Waals surface area contributed by atoms with Crippen LogP contribution in [0.15, 0.2) is 30.3 Å². The third kappa shape index (κ3) is 3.95. The van der Waals surface area contributed by atoms with Crippen LogP contribution < -0.4 is 4.89 Å². The molecule has 0 fully saturated rings. The highest BCUT2D eigenvalue weighted by atomic mass is 17.2. The molecule has 1 aromatic carbocycles. The summed E-state index contributed by atoms with van der Waals surface area (Å²) < 4.78 is 5.24. The van der Waals surface area contributed by atoms with Crippen molar-refractivity contribution in [3.05, 3.63) is 30.3 Å². The second-order valence-electron chi connectivity index (χ2n) is 5.59. The second-order valence-corrected chi connectivity index (χ2v) is 5.59. The van der Waals surface area contributed by atoms with Crippen molar-refractivity contribution < 1.29 is 19.3 Å². The molecule has 0 aromatic heterocycles. The van der Waals surface area contributed by atoms with Crippen LogP contribution >= 0.6 is 0 Å². The van der Waals surface area contributed by atoms with Crippen LogP contribution in [0.3, 0.4) is 0 Å². The van der Waals surface area contributed by atoms with E-state index in [9.17, 15) is 4.79 Å². The third-order valence-corrected chi connectivity index (χ3v) is 3.09. The Morgan fingerprint density at radius 3 is 2.06 bits per heavy atom. The number of hydrogen-bond acceptors (Lipinski definition) is 4. The summed E-state index contributed by atoms with van der Waals surface area (Å²) in [6, 6.07) is 8.77. The number of benzene rings is 1. The molecule has 1 aromatic rings. The van der Waals surface area contributed by atoms with Gasteiger partial charge in [-0.25, -0.2) is 4.89 Å². The molecule has 0 aliphatic heterocycles. The predicted octanol–water partition coefficient (Wildman–Crippen LogP) is 3.96. The number of ether oxygens (including phenoxy) is 1. The Kier molecular flexibility index (Phi) is 4.22. The summed E-state index contributed by atoms with van der Waals surface area (Å²) in [6.07, 6.45) is -0.848. The van der Waals surface area contributed by atoms with E-state index in [1.165, 1.54) is 0 Å². The first-order valence-electron chi connectivity index (χ1n) is 5.85. The van der Waals surface area contributed by atoms with Crippen LogP contribution in [-0.4, -0.2) is 11.8 Å². The molecule has 0 N–H and O–H groups in total. The van der Waals surface area contributed by atoms with Gasteiger partial charge in [0.1, 0.15) is 5.60 Å². The van der Waals surface area contributed by atoms with Crippen molar-refractivity contribution in [3.63, 3.8) is 0 Å². The van der Waals surface area contributed by atoms with Gasteiger partial charge < -0.3 is 4.74 Å². The SMILES string of the molecule is CC(C)(C)C(C)(C)OC(=O)OOc1ccccc1. The van der Waals surface area contributed by atoms with Crippen molar-refractivity contribution in [3.8, 4) is 5.75 Å². The molecule has 0 aliphatic rings. The Hall–Kier alpha value is -1.71. The summed E-state index contributed by atoms with van der Waals surface area (Å²) in [5, 5.41) is 0. The molecule has 4 nitrogen and oxygen atoms in total. The fourth-order valence-electron chi connectivity index (χ4n) is 0.937. The number of carbonyl (C=O) groups excluding carboxylic acids is 1. The molecule has 1 rings (SSSR count). The van der Waals surface area contributed by atoms with E-state index in [4.69, 9.17) is 9.62 Å². The highest BCUT2D eigenvalue weighted by molar-refractivity contribution is 5.60. The lowest BCUT2D eigenvalue weighted by Crippen LogP contribution is -2.41. The summed E-state index contributed by atoms with van der Waals surface area (Å²) in [5.41, 5.74) is -0.844. The molecular formula is C14H20O4. The average Bonchev–Trinajstić information content (AvgIpc) is 2.26. The van der Waals surface area contributed by atoms with Gasteiger partial charge in [0.05, 0.1) is 0 Å². The van der Waals surface area contributed by atoms with Gasteiger partial charge in [-0.3, -0.25) is 4.89 Å². The molecule has 100 valence electrons. The average molecular weight is 252 g/mol. The van der Waals surface area contributed by atoms with Gasteiger partial charge in [0, 0.05) is 5.41 Å². The van der Waals surface area contributed by atoms with Crippen LogP contribution in [0.5, 0.6) is 5.75 Å². The van der Waals surface area contributed by atoms with E-state index in [1.807, 2.05) is 40.7 Å². The molecule has 4 heteroatoms. The standard InChI is InChI=1S/C14H20O4/c1-13(2,3)14(4,5)16-12(15)18-17-11-9-7-6-8-10-11/h6-10H,1-5H3. The molecule has 0 saturated heterocycles. The first-order valence-corrected chi connectivity index (χ1v) is 5.85. The number of carbonyl (C=O) groups is 1. The van der Waals surface area contributed by atoms with E-state index in [1.54, 1.807) is 24.3 Å². The first-order chi connectivity index (χ1) is 8.22. The van der Waals surface area contributed by atoms with Crippen LogP contribution in [0.2, 0.25) is 0 Å².